The molecule has 1 unspecified atom stereocenters. The van der Waals surface area contributed by atoms with Crippen molar-refractivity contribution >= 4 is 23.2 Å². The second-order valence-corrected chi connectivity index (χ2v) is 5.25. The first kappa shape index (κ1) is 15.3. The Bertz CT molecular complexity index is 658. The van der Waals surface area contributed by atoms with Gasteiger partial charge < -0.3 is 10.6 Å². The zero-order valence-electron chi connectivity index (χ0n) is 11.8. The second kappa shape index (κ2) is 6.14. The molecule has 110 valence electrons. The summed E-state index contributed by atoms with van der Waals surface area (Å²) in [6.45, 7) is 1.87. The molecule has 0 saturated carbocycles. The zero-order chi connectivity index (χ0) is 15.6. The molecule has 0 aliphatic carbocycles. The molecular weight excluding hydrogens is 291 g/mol. The molecular formula is C16H16ClFN2O. The first-order valence-corrected chi connectivity index (χ1v) is 6.86. The summed E-state index contributed by atoms with van der Waals surface area (Å²) in [5.74, 6) is -0.536. The van der Waals surface area contributed by atoms with Crippen LogP contribution in [0, 0.1) is 5.82 Å². The lowest BCUT2D eigenvalue weighted by Crippen LogP contribution is -2.30. The van der Waals surface area contributed by atoms with E-state index in [-0.39, 0.29) is 23.5 Å². The third-order valence-electron chi connectivity index (χ3n) is 3.54. The zero-order valence-corrected chi connectivity index (χ0v) is 12.6. The van der Waals surface area contributed by atoms with Crippen LogP contribution < -0.4 is 5.73 Å². The lowest BCUT2D eigenvalue weighted by atomic mass is 10.1. The highest BCUT2D eigenvalue weighted by atomic mass is 35.5. The van der Waals surface area contributed by atoms with Crippen molar-refractivity contribution in [2.24, 2.45) is 0 Å². The van der Waals surface area contributed by atoms with Crippen LogP contribution in [0.4, 0.5) is 10.1 Å². The lowest BCUT2D eigenvalue weighted by molar-refractivity contribution is 0.0743. The molecule has 0 aliphatic rings. The predicted octanol–water partition coefficient (Wildman–Crippen LogP) is 3.89. The third kappa shape index (κ3) is 3.16. The summed E-state index contributed by atoms with van der Waals surface area (Å²) in [7, 11) is 1.68. The van der Waals surface area contributed by atoms with Crippen molar-refractivity contribution in [3.8, 4) is 0 Å². The van der Waals surface area contributed by atoms with Crippen molar-refractivity contribution < 1.29 is 9.18 Å². The monoisotopic (exact) mass is 306 g/mol. The van der Waals surface area contributed by atoms with Gasteiger partial charge in [0.05, 0.1) is 22.3 Å². The molecule has 1 amide bonds. The van der Waals surface area contributed by atoms with Crippen molar-refractivity contribution in [1.29, 1.82) is 0 Å². The van der Waals surface area contributed by atoms with E-state index in [1.165, 1.54) is 12.1 Å². The van der Waals surface area contributed by atoms with E-state index in [0.717, 1.165) is 5.56 Å². The summed E-state index contributed by atoms with van der Waals surface area (Å²) in [6.07, 6.45) is 0. The van der Waals surface area contributed by atoms with Crippen molar-refractivity contribution in [3.05, 3.63) is 64.4 Å². The highest BCUT2D eigenvalue weighted by Crippen LogP contribution is 2.26. The molecule has 0 radical (unpaired) electrons. The molecule has 0 aliphatic heterocycles. The van der Waals surface area contributed by atoms with E-state index >= 15 is 0 Å². The molecule has 1 atom stereocenters. The van der Waals surface area contributed by atoms with Gasteiger partial charge in [-0.1, -0.05) is 29.8 Å². The molecule has 2 N–H and O–H groups in total. The molecule has 2 aromatic rings. The van der Waals surface area contributed by atoms with E-state index in [9.17, 15) is 9.18 Å². The van der Waals surface area contributed by atoms with Gasteiger partial charge in [0.1, 0.15) is 5.82 Å². The Morgan fingerprint density at radius 2 is 1.86 bits per heavy atom. The van der Waals surface area contributed by atoms with Crippen LogP contribution in [-0.4, -0.2) is 17.9 Å². The van der Waals surface area contributed by atoms with E-state index in [2.05, 4.69) is 0 Å². The number of hydrogen-bond donors (Lipinski definition) is 1. The number of anilines is 1. The van der Waals surface area contributed by atoms with E-state index in [0.29, 0.717) is 10.6 Å². The maximum absolute atomic E-state index is 13.0. The van der Waals surface area contributed by atoms with Gasteiger partial charge in [-0.2, -0.15) is 0 Å². The number of nitrogen functional groups attached to an aromatic ring is 1. The predicted molar refractivity (Wildman–Crippen MR) is 82.8 cm³/mol. The number of para-hydroxylation sites is 1. The number of rotatable bonds is 3. The van der Waals surface area contributed by atoms with Gasteiger partial charge in [0, 0.05) is 7.05 Å². The molecule has 2 aromatic carbocycles. The standard InChI is InChI=1S/C16H16ClFN2O/c1-10(11-6-8-12(18)9-7-11)20(2)16(21)13-4-3-5-14(17)15(13)19/h3-10H,19H2,1-2H3. The van der Waals surface area contributed by atoms with E-state index in [1.54, 1.807) is 42.3 Å². The maximum atomic E-state index is 13.0. The minimum Gasteiger partial charge on any atom is -0.397 e. The van der Waals surface area contributed by atoms with E-state index in [1.807, 2.05) is 6.92 Å². The highest BCUT2D eigenvalue weighted by Gasteiger charge is 2.21. The number of halogens is 2. The molecule has 21 heavy (non-hydrogen) atoms. The quantitative estimate of drug-likeness (QED) is 0.874. The van der Waals surface area contributed by atoms with Crippen LogP contribution in [0.15, 0.2) is 42.5 Å². The molecule has 0 fully saturated rings. The molecule has 2 rings (SSSR count). The molecule has 0 bridgehead atoms. The SMILES string of the molecule is CC(c1ccc(F)cc1)N(C)C(=O)c1cccc(Cl)c1N. The molecule has 3 nitrogen and oxygen atoms in total. The highest BCUT2D eigenvalue weighted by molar-refractivity contribution is 6.33. The normalized spacial score (nSPS) is 12.0. The van der Waals surface area contributed by atoms with Crippen molar-refractivity contribution in [3.63, 3.8) is 0 Å². The summed E-state index contributed by atoms with van der Waals surface area (Å²) in [5.41, 5.74) is 7.32. The number of hydrogen-bond acceptors (Lipinski definition) is 2. The number of benzene rings is 2. The van der Waals surface area contributed by atoms with Gasteiger partial charge in [-0.3, -0.25) is 4.79 Å². The summed E-state index contributed by atoms with van der Waals surface area (Å²) < 4.78 is 13.0. The van der Waals surface area contributed by atoms with Crippen LogP contribution in [0.2, 0.25) is 5.02 Å². The molecule has 5 heteroatoms. The van der Waals surface area contributed by atoms with E-state index in [4.69, 9.17) is 17.3 Å². The van der Waals surface area contributed by atoms with Gasteiger partial charge >= 0.3 is 0 Å². The van der Waals surface area contributed by atoms with Gasteiger partial charge in [-0.15, -0.1) is 0 Å². The van der Waals surface area contributed by atoms with Gasteiger partial charge in [-0.05, 0) is 36.8 Å². The van der Waals surface area contributed by atoms with Crippen molar-refractivity contribution in [1.82, 2.24) is 4.90 Å². The third-order valence-corrected chi connectivity index (χ3v) is 3.87. The van der Waals surface area contributed by atoms with Crippen LogP contribution in [-0.2, 0) is 0 Å². The first-order valence-electron chi connectivity index (χ1n) is 6.48. The Labute approximate surface area is 128 Å². The van der Waals surface area contributed by atoms with Gasteiger partial charge in [-0.25, -0.2) is 4.39 Å². The fourth-order valence-corrected chi connectivity index (χ4v) is 2.23. The lowest BCUT2D eigenvalue weighted by Gasteiger charge is -2.26. The molecule has 0 spiro atoms. The molecule has 0 saturated heterocycles. The van der Waals surface area contributed by atoms with E-state index < -0.39 is 0 Å². The van der Waals surface area contributed by atoms with Gasteiger partial charge in [0.2, 0.25) is 0 Å². The average Bonchev–Trinajstić information content (AvgIpc) is 2.48. The number of carbonyl (C=O) groups is 1. The summed E-state index contributed by atoms with van der Waals surface area (Å²) >= 11 is 5.94. The number of amides is 1. The largest absolute Gasteiger partial charge is 0.397 e. The number of nitrogens with zero attached hydrogens (tertiary/aromatic N) is 1. The fourth-order valence-electron chi connectivity index (χ4n) is 2.05. The number of carbonyl (C=O) groups excluding carboxylic acids is 1. The van der Waals surface area contributed by atoms with Crippen LogP contribution in [0.5, 0.6) is 0 Å². The Balaban J connectivity index is 2.26. The summed E-state index contributed by atoms with van der Waals surface area (Å²) in [5, 5.41) is 0.351. The van der Waals surface area contributed by atoms with Gasteiger partial charge in [0.25, 0.3) is 5.91 Å². The Morgan fingerprint density at radius 1 is 1.24 bits per heavy atom. The fraction of sp³-hybridized carbons (Fsp3) is 0.188. The van der Waals surface area contributed by atoms with Crippen LogP contribution in [0.3, 0.4) is 0 Å². The Morgan fingerprint density at radius 3 is 2.48 bits per heavy atom. The minimum absolute atomic E-state index is 0.212. The second-order valence-electron chi connectivity index (χ2n) is 4.84. The Hall–Kier alpha value is -2.07. The van der Waals surface area contributed by atoms with Crippen LogP contribution in [0.25, 0.3) is 0 Å². The first-order chi connectivity index (χ1) is 9.91. The van der Waals surface area contributed by atoms with Gasteiger partial charge in [0.15, 0.2) is 0 Å². The maximum Gasteiger partial charge on any atom is 0.256 e. The van der Waals surface area contributed by atoms with Crippen molar-refractivity contribution in [2.45, 2.75) is 13.0 Å². The van der Waals surface area contributed by atoms with Crippen LogP contribution >= 0.6 is 11.6 Å². The van der Waals surface area contributed by atoms with Crippen molar-refractivity contribution in [2.75, 3.05) is 12.8 Å². The smallest absolute Gasteiger partial charge is 0.256 e. The average molecular weight is 307 g/mol. The summed E-state index contributed by atoms with van der Waals surface area (Å²) in [6, 6.07) is 10.8. The summed E-state index contributed by atoms with van der Waals surface area (Å²) in [4.78, 5) is 14.1. The number of nitrogens with two attached hydrogens (primary N) is 1. The minimum atomic E-state index is -0.306. The molecule has 0 aromatic heterocycles. The topological polar surface area (TPSA) is 46.3 Å². The van der Waals surface area contributed by atoms with Crippen LogP contribution in [0.1, 0.15) is 28.9 Å². The molecule has 0 heterocycles. The Kier molecular flexibility index (Phi) is 4.48.